The van der Waals surface area contributed by atoms with E-state index in [4.69, 9.17) is 9.47 Å². The van der Waals surface area contributed by atoms with Gasteiger partial charge in [0.05, 0.1) is 6.08 Å². The summed E-state index contributed by atoms with van der Waals surface area (Å²) in [6.07, 6.45) is 11.7. The van der Waals surface area contributed by atoms with Gasteiger partial charge in [-0.1, -0.05) is 6.58 Å². The van der Waals surface area contributed by atoms with E-state index in [1.165, 1.54) is 19.3 Å². The van der Waals surface area contributed by atoms with Crippen molar-refractivity contribution in [3.05, 3.63) is 24.4 Å². The maximum absolute atomic E-state index is 12.5. The minimum Gasteiger partial charge on any atom is -0.475 e. The van der Waals surface area contributed by atoms with Crippen molar-refractivity contribution in [2.45, 2.75) is 63.0 Å². The highest BCUT2D eigenvalue weighted by molar-refractivity contribution is 5.91. The first-order chi connectivity index (χ1) is 12.6. The molecule has 0 spiro atoms. The summed E-state index contributed by atoms with van der Waals surface area (Å²) in [5.41, 5.74) is 0.0187. The van der Waals surface area contributed by atoms with Crippen LogP contribution in [0.15, 0.2) is 29.4 Å². The molecule has 4 bridgehead atoms. The van der Waals surface area contributed by atoms with Crippen LogP contribution in [-0.4, -0.2) is 30.1 Å². The van der Waals surface area contributed by atoms with E-state index in [0.29, 0.717) is 17.6 Å². The van der Waals surface area contributed by atoms with Crippen LogP contribution in [0.5, 0.6) is 0 Å². The van der Waals surface area contributed by atoms with Crippen LogP contribution in [0.3, 0.4) is 0 Å². The van der Waals surface area contributed by atoms with E-state index in [1.54, 1.807) is 6.08 Å². The second-order valence-corrected chi connectivity index (χ2v) is 8.88. The second kappa shape index (κ2) is 6.03. The van der Waals surface area contributed by atoms with Crippen LogP contribution in [0.1, 0.15) is 51.4 Å². The third kappa shape index (κ3) is 3.33. The van der Waals surface area contributed by atoms with Gasteiger partial charge in [-0.3, -0.25) is 4.79 Å². The van der Waals surface area contributed by atoms with Gasteiger partial charge in [0, 0.05) is 5.54 Å². The highest BCUT2D eigenvalue weighted by Crippen LogP contribution is 2.55. The summed E-state index contributed by atoms with van der Waals surface area (Å²) in [5.74, 6) is 3.84. The summed E-state index contributed by atoms with van der Waals surface area (Å²) in [5, 5.41) is 6.30. The summed E-state index contributed by atoms with van der Waals surface area (Å²) < 4.78 is 11.4. The fourth-order valence-corrected chi connectivity index (χ4v) is 5.72. The average Bonchev–Trinajstić information content (AvgIpc) is 3.34. The van der Waals surface area contributed by atoms with Crippen molar-refractivity contribution in [1.29, 1.82) is 0 Å². The molecule has 6 rings (SSSR count). The molecule has 26 heavy (non-hydrogen) atoms. The topological polar surface area (TPSA) is 72.0 Å². The molecule has 5 aliphatic carbocycles. The maximum atomic E-state index is 12.5. The van der Waals surface area contributed by atoms with Crippen LogP contribution >= 0.6 is 0 Å². The molecule has 0 aromatic rings. The van der Waals surface area contributed by atoms with Crippen molar-refractivity contribution in [3.63, 3.8) is 0 Å². The molecule has 0 aromatic carbocycles. The standard InChI is InChI=1S/C20H27N3O3/c1-12-21-18(7-19(22-12)26-16-2-3-16)25-11-17(24)23-20-8-13-4-14(9-20)6-15(5-13)10-20/h7,13-16,22H,1-6,8-11H2,(H,23,24). The zero-order valence-corrected chi connectivity index (χ0v) is 15.1. The predicted molar refractivity (Wildman–Crippen MR) is 96.9 cm³/mol. The first-order valence-electron chi connectivity index (χ1n) is 9.92. The molecule has 0 unspecified atom stereocenters. The quantitative estimate of drug-likeness (QED) is 0.793. The summed E-state index contributed by atoms with van der Waals surface area (Å²) in [7, 11) is 0. The lowest BCUT2D eigenvalue weighted by atomic mass is 9.53. The van der Waals surface area contributed by atoms with Gasteiger partial charge in [0.25, 0.3) is 5.91 Å². The SMILES string of the molecule is C=C1N=C(OCC(=O)NC23CC4CC(CC(C4)C2)C3)C=C(OC2CC2)N1. The number of hydrogen-bond acceptors (Lipinski definition) is 5. The molecule has 1 aliphatic heterocycles. The van der Waals surface area contributed by atoms with E-state index in [9.17, 15) is 4.79 Å². The normalized spacial score (nSPS) is 37.5. The van der Waals surface area contributed by atoms with Gasteiger partial charge in [-0.15, -0.1) is 0 Å². The molecule has 0 atom stereocenters. The Morgan fingerprint density at radius 1 is 1.23 bits per heavy atom. The van der Waals surface area contributed by atoms with Crippen molar-refractivity contribution in [1.82, 2.24) is 10.6 Å². The van der Waals surface area contributed by atoms with Gasteiger partial charge in [-0.25, -0.2) is 0 Å². The van der Waals surface area contributed by atoms with Crippen LogP contribution in [0.4, 0.5) is 0 Å². The van der Waals surface area contributed by atoms with Gasteiger partial charge in [0.1, 0.15) is 11.9 Å². The average molecular weight is 357 g/mol. The Labute approximate surface area is 154 Å². The maximum Gasteiger partial charge on any atom is 0.258 e. The number of amides is 1. The smallest absolute Gasteiger partial charge is 0.258 e. The van der Waals surface area contributed by atoms with Crippen LogP contribution < -0.4 is 10.6 Å². The molecule has 0 saturated heterocycles. The first-order valence-corrected chi connectivity index (χ1v) is 9.92. The number of nitrogens with one attached hydrogen (secondary N) is 2. The Kier molecular flexibility index (Phi) is 3.76. The van der Waals surface area contributed by atoms with Gasteiger partial charge in [-0.05, 0) is 69.1 Å². The molecule has 140 valence electrons. The van der Waals surface area contributed by atoms with Crippen molar-refractivity contribution in [2.24, 2.45) is 22.7 Å². The highest BCUT2D eigenvalue weighted by atomic mass is 16.5. The van der Waals surface area contributed by atoms with Gasteiger partial charge < -0.3 is 20.1 Å². The molecule has 6 heteroatoms. The molecule has 0 aromatic heterocycles. The zero-order chi connectivity index (χ0) is 17.7. The summed E-state index contributed by atoms with van der Waals surface area (Å²) >= 11 is 0. The Morgan fingerprint density at radius 2 is 1.88 bits per heavy atom. The van der Waals surface area contributed by atoms with Crippen molar-refractivity contribution >= 4 is 11.8 Å². The predicted octanol–water partition coefficient (Wildman–Crippen LogP) is 2.58. The molecular formula is C20H27N3O3. The second-order valence-electron chi connectivity index (χ2n) is 8.88. The summed E-state index contributed by atoms with van der Waals surface area (Å²) in [6.45, 7) is 3.80. The fraction of sp³-hybridized carbons (Fsp3) is 0.700. The number of carbonyl (C=O) groups excluding carboxylic acids is 1. The highest BCUT2D eigenvalue weighted by Gasteiger charge is 2.51. The molecule has 0 radical (unpaired) electrons. The Morgan fingerprint density at radius 3 is 2.50 bits per heavy atom. The number of rotatable bonds is 5. The van der Waals surface area contributed by atoms with Crippen LogP contribution in [0.2, 0.25) is 0 Å². The lowest BCUT2D eigenvalue weighted by molar-refractivity contribution is -0.129. The monoisotopic (exact) mass is 357 g/mol. The van der Waals surface area contributed by atoms with Gasteiger partial charge in [0.15, 0.2) is 12.5 Å². The number of hydrogen-bond donors (Lipinski definition) is 2. The largest absolute Gasteiger partial charge is 0.475 e. The Balaban J connectivity index is 1.17. The van der Waals surface area contributed by atoms with E-state index < -0.39 is 0 Å². The van der Waals surface area contributed by atoms with Crippen LogP contribution in [-0.2, 0) is 14.3 Å². The number of aliphatic imine (C=N–C) groups is 1. The van der Waals surface area contributed by atoms with E-state index in [-0.39, 0.29) is 24.2 Å². The van der Waals surface area contributed by atoms with E-state index >= 15 is 0 Å². The van der Waals surface area contributed by atoms with Crippen molar-refractivity contribution < 1.29 is 14.3 Å². The lowest BCUT2D eigenvalue weighted by Gasteiger charge is -2.56. The van der Waals surface area contributed by atoms with E-state index in [2.05, 4.69) is 22.2 Å². The first kappa shape index (κ1) is 16.2. The lowest BCUT2D eigenvalue weighted by Crippen LogP contribution is -2.60. The van der Waals surface area contributed by atoms with Gasteiger partial charge >= 0.3 is 0 Å². The number of carbonyl (C=O) groups is 1. The summed E-state index contributed by atoms with van der Waals surface area (Å²) in [4.78, 5) is 16.8. The third-order valence-corrected chi connectivity index (χ3v) is 6.38. The van der Waals surface area contributed by atoms with E-state index in [1.807, 2.05) is 0 Å². The minimum atomic E-state index is -0.0446. The molecule has 6 aliphatic rings. The Bertz CT molecular complexity index is 657. The fourth-order valence-electron chi connectivity index (χ4n) is 5.72. The molecule has 1 heterocycles. The van der Waals surface area contributed by atoms with Gasteiger partial charge in [0.2, 0.25) is 5.90 Å². The molecule has 1 amide bonds. The zero-order valence-electron chi connectivity index (χ0n) is 15.1. The molecule has 6 nitrogen and oxygen atoms in total. The van der Waals surface area contributed by atoms with E-state index in [0.717, 1.165) is 49.9 Å². The van der Waals surface area contributed by atoms with Crippen LogP contribution in [0, 0.1) is 17.8 Å². The summed E-state index contributed by atoms with van der Waals surface area (Å²) in [6, 6.07) is 0. The minimum absolute atomic E-state index is 0.0128. The Hall–Kier alpha value is -1.98. The van der Waals surface area contributed by atoms with Gasteiger partial charge in [-0.2, -0.15) is 4.99 Å². The molecule has 5 saturated carbocycles. The van der Waals surface area contributed by atoms with Crippen LogP contribution in [0.25, 0.3) is 0 Å². The van der Waals surface area contributed by atoms with Crippen molar-refractivity contribution in [3.8, 4) is 0 Å². The number of nitrogens with zero attached hydrogens (tertiary/aromatic N) is 1. The molecule has 5 fully saturated rings. The number of ether oxygens (including phenoxy) is 2. The molecular weight excluding hydrogens is 330 g/mol. The molecule has 2 N–H and O–H groups in total. The third-order valence-electron chi connectivity index (χ3n) is 6.38. The van der Waals surface area contributed by atoms with Crippen molar-refractivity contribution in [2.75, 3.05) is 6.61 Å².